The quantitative estimate of drug-likeness (QED) is 0.0393. The molecule has 0 aromatic heterocycles. The normalized spacial score (nSPS) is 13.7. The molecule has 17 heteroatoms. The third-order valence-corrected chi connectivity index (χ3v) is 5.22. The summed E-state index contributed by atoms with van der Waals surface area (Å²) in [5, 5.41) is 16.5. The maximum absolute atomic E-state index is 13.0. The summed E-state index contributed by atoms with van der Waals surface area (Å²) in [7, 11) is 0. The second kappa shape index (κ2) is 18.3. The monoisotopic (exact) mass is 544 g/mol. The number of guanidine groups is 1. The zero-order valence-corrected chi connectivity index (χ0v) is 21.2. The number of nitrogens with zero attached hydrogens (tertiary/aromatic N) is 1. The van der Waals surface area contributed by atoms with Crippen molar-refractivity contribution in [1.29, 1.82) is 0 Å². The van der Waals surface area contributed by atoms with E-state index >= 15 is 0 Å². The number of carboxylic acid groups (broad SMARTS) is 1. The Bertz CT molecular complexity index is 863. The molecule has 0 aliphatic heterocycles. The standard InChI is InChI=1S/C21H40N10O7/c22-8-2-1-4-13(20(37)38)30-18(35)12(5-3-9-28-21(26)27)29-19(36)14(10-16(25)33)31-17(34)11(23)6-7-15(24)32/h11-14H,1-10,22-23H2,(H2,24,32)(H2,25,33)(H,29,36)(H,30,35)(H,31,34)(H,37,38)(H4,26,27,28). The fourth-order valence-electron chi connectivity index (χ4n) is 3.19. The lowest BCUT2D eigenvalue weighted by molar-refractivity contribution is -0.142. The lowest BCUT2D eigenvalue weighted by atomic mass is 10.1. The first kappa shape index (κ1) is 34.0. The smallest absolute Gasteiger partial charge is 0.326 e. The molecule has 4 atom stereocenters. The highest BCUT2D eigenvalue weighted by Crippen LogP contribution is 2.06. The molecule has 0 fully saturated rings. The summed E-state index contributed by atoms with van der Waals surface area (Å²) in [5.74, 6) is -5.69. The molecule has 0 radical (unpaired) electrons. The maximum atomic E-state index is 13.0. The van der Waals surface area contributed by atoms with Crippen LogP contribution in [0.15, 0.2) is 4.99 Å². The van der Waals surface area contributed by atoms with Gasteiger partial charge in [-0.2, -0.15) is 0 Å². The first-order chi connectivity index (χ1) is 17.8. The number of rotatable bonds is 20. The number of carbonyl (C=O) groups excluding carboxylic acids is 5. The molecular weight excluding hydrogens is 504 g/mol. The number of carbonyl (C=O) groups is 6. The third-order valence-electron chi connectivity index (χ3n) is 5.22. The van der Waals surface area contributed by atoms with Gasteiger partial charge in [-0.15, -0.1) is 0 Å². The van der Waals surface area contributed by atoms with Gasteiger partial charge in [-0.1, -0.05) is 0 Å². The minimum absolute atomic E-state index is 0.0150. The molecule has 0 heterocycles. The number of amides is 5. The minimum atomic E-state index is -1.51. The van der Waals surface area contributed by atoms with Crippen molar-refractivity contribution in [3.05, 3.63) is 0 Å². The van der Waals surface area contributed by atoms with Gasteiger partial charge >= 0.3 is 5.97 Å². The summed E-state index contributed by atoms with van der Waals surface area (Å²) in [6, 6.07) is -5.24. The van der Waals surface area contributed by atoms with E-state index in [4.69, 9.17) is 34.4 Å². The highest BCUT2D eigenvalue weighted by molar-refractivity contribution is 5.96. The van der Waals surface area contributed by atoms with Crippen LogP contribution in [0.4, 0.5) is 0 Å². The largest absolute Gasteiger partial charge is 0.480 e. The Morgan fingerprint density at radius 3 is 1.79 bits per heavy atom. The lowest BCUT2D eigenvalue weighted by Crippen LogP contribution is -2.57. The molecule has 5 amide bonds. The van der Waals surface area contributed by atoms with Gasteiger partial charge in [0.05, 0.1) is 12.5 Å². The van der Waals surface area contributed by atoms with Gasteiger partial charge in [0.15, 0.2) is 5.96 Å². The van der Waals surface area contributed by atoms with Gasteiger partial charge in [0.2, 0.25) is 29.5 Å². The third kappa shape index (κ3) is 15.2. The molecule has 0 saturated heterocycles. The number of carboxylic acids is 1. The van der Waals surface area contributed by atoms with Crippen molar-refractivity contribution in [2.24, 2.45) is 39.4 Å². The fourth-order valence-corrected chi connectivity index (χ4v) is 3.19. The van der Waals surface area contributed by atoms with Crippen molar-refractivity contribution < 1.29 is 33.9 Å². The molecule has 4 unspecified atom stereocenters. The molecule has 17 nitrogen and oxygen atoms in total. The van der Waals surface area contributed by atoms with Crippen LogP contribution in [-0.2, 0) is 28.8 Å². The van der Waals surface area contributed by atoms with Gasteiger partial charge in [-0.05, 0) is 45.1 Å². The average Bonchev–Trinajstić information content (AvgIpc) is 2.82. The second-order valence-corrected chi connectivity index (χ2v) is 8.54. The van der Waals surface area contributed by atoms with Gasteiger partial charge in [-0.3, -0.25) is 29.0 Å². The molecule has 216 valence electrons. The molecule has 0 aromatic carbocycles. The summed E-state index contributed by atoms with van der Waals surface area (Å²) in [6.07, 6.45) is 0.380. The highest BCUT2D eigenvalue weighted by Gasteiger charge is 2.31. The number of unbranched alkanes of at least 4 members (excludes halogenated alkanes) is 1. The fraction of sp³-hybridized carbons (Fsp3) is 0.667. The van der Waals surface area contributed by atoms with E-state index in [2.05, 4.69) is 20.9 Å². The van der Waals surface area contributed by atoms with Gasteiger partial charge in [0, 0.05) is 13.0 Å². The van der Waals surface area contributed by atoms with Crippen LogP contribution in [0.25, 0.3) is 0 Å². The molecule has 0 bridgehead atoms. The first-order valence-electron chi connectivity index (χ1n) is 12.0. The van der Waals surface area contributed by atoms with E-state index in [1.165, 1.54) is 0 Å². The Balaban J connectivity index is 5.62. The second-order valence-electron chi connectivity index (χ2n) is 8.54. The number of primary amides is 2. The number of aliphatic carboxylic acids is 1. The van der Waals surface area contributed by atoms with Crippen molar-refractivity contribution in [2.75, 3.05) is 13.1 Å². The lowest BCUT2D eigenvalue weighted by Gasteiger charge is -2.25. The summed E-state index contributed by atoms with van der Waals surface area (Å²) < 4.78 is 0. The molecular formula is C21H40N10O7. The zero-order chi connectivity index (χ0) is 29.3. The van der Waals surface area contributed by atoms with E-state index in [1.54, 1.807) is 0 Å². The Kier molecular flexibility index (Phi) is 16.4. The van der Waals surface area contributed by atoms with E-state index in [0.29, 0.717) is 19.4 Å². The Hall–Kier alpha value is -3.99. The minimum Gasteiger partial charge on any atom is -0.480 e. The zero-order valence-electron chi connectivity index (χ0n) is 21.2. The van der Waals surface area contributed by atoms with Crippen molar-refractivity contribution in [3.63, 3.8) is 0 Å². The van der Waals surface area contributed by atoms with Crippen LogP contribution in [0.1, 0.15) is 51.4 Å². The first-order valence-corrected chi connectivity index (χ1v) is 12.0. The van der Waals surface area contributed by atoms with Crippen LogP contribution in [0.3, 0.4) is 0 Å². The number of hydrogen-bond donors (Lipinski definition) is 10. The van der Waals surface area contributed by atoms with Crippen molar-refractivity contribution in [3.8, 4) is 0 Å². The topological polar surface area (TPSA) is 327 Å². The van der Waals surface area contributed by atoms with Gasteiger partial charge < -0.3 is 55.5 Å². The van der Waals surface area contributed by atoms with Crippen molar-refractivity contribution in [2.45, 2.75) is 75.5 Å². The van der Waals surface area contributed by atoms with E-state index in [9.17, 15) is 33.9 Å². The molecule has 0 aliphatic rings. The molecule has 0 aromatic rings. The highest BCUT2D eigenvalue weighted by atomic mass is 16.4. The SMILES string of the molecule is NCCCCC(NC(=O)C(CCCN=C(N)N)NC(=O)C(CC(N)=O)NC(=O)C(N)CCC(N)=O)C(=O)O. The molecule has 38 heavy (non-hydrogen) atoms. The van der Waals surface area contributed by atoms with Crippen LogP contribution in [0.5, 0.6) is 0 Å². The van der Waals surface area contributed by atoms with Crippen LogP contribution in [0, 0.1) is 0 Å². The van der Waals surface area contributed by atoms with Gasteiger partial charge in [-0.25, -0.2) is 4.79 Å². The molecule has 0 saturated carbocycles. The Morgan fingerprint density at radius 1 is 0.711 bits per heavy atom. The molecule has 0 spiro atoms. The summed E-state index contributed by atoms with van der Waals surface area (Å²) in [5.41, 5.74) is 31.9. The van der Waals surface area contributed by atoms with Gasteiger partial charge in [0.25, 0.3) is 0 Å². The van der Waals surface area contributed by atoms with Crippen molar-refractivity contribution >= 4 is 41.5 Å². The number of aliphatic imine (C=N–C) groups is 1. The van der Waals surface area contributed by atoms with Crippen molar-refractivity contribution in [1.82, 2.24) is 16.0 Å². The maximum Gasteiger partial charge on any atom is 0.326 e. The van der Waals surface area contributed by atoms with Crippen LogP contribution < -0.4 is 50.4 Å². The number of hydrogen-bond acceptors (Lipinski definition) is 9. The van der Waals surface area contributed by atoms with Crippen LogP contribution in [-0.4, -0.2) is 83.8 Å². The summed E-state index contributed by atoms with van der Waals surface area (Å²) >= 11 is 0. The molecule has 0 aliphatic carbocycles. The van der Waals surface area contributed by atoms with Crippen LogP contribution in [0.2, 0.25) is 0 Å². The molecule has 0 rings (SSSR count). The van der Waals surface area contributed by atoms with E-state index in [1.807, 2.05) is 0 Å². The summed E-state index contributed by atoms with van der Waals surface area (Å²) in [6.45, 7) is 0.458. The predicted molar refractivity (Wildman–Crippen MR) is 136 cm³/mol. The average molecular weight is 545 g/mol. The van der Waals surface area contributed by atoms with E-state index in [-0.39, 0.29) is 44.6 Å². The molecule has 16 N–H and O–H groups in total. The number of nitrogens with one attached hydrogen (secondary N) is 3. The van der Waals surface area contributed by atoms with E-state index < -0.39 is 66.1 Å². The Morgan fingerprint density at radius 2 is 1.26 bits per heavy atom. The van der Waals surface area contributed by atoms with E-state index in [0.717, 1.165) is 0 Å². The number of nitrogens with two attached hydrogens (primary N) is 6. The summed E-state index contributed by atoms with van der Waals surface area (Å²) in [4.78, 5) is 76.1. The van der Waals surface area contributed by atoms with Crippen LogP contribution >= 0.6 is 0 Å². The Labute approximate surface area is 219 Å². The predicted octanol–water partition coefficient (Wildman–Crippen LogP) is -4.82. The van der Waals surface area contributed by atoms with Gasteiger partial charge in [0.1, 0.15) is 18.1 Å².